The molecular formula is C17H16O4. The van der Waals surface area contributed by atoms with E-state index < -0.39 is 0 Å². The Bertz CT molecular complexity index is 716. The normalized spacial score (nSPS) is 30.6. The van der Waals surface area contributed by atoms with Crippen LogP contribution in [0.1, 0.15) is 42.1 Å². The minimum Gasteiger partial charge on any atom is -0.507 e. The Kier molecular flexibility index (Phi) is 2.39. The molecule has 4 rings (SSSR count). The highest BCUT2D eigenvalue weighted by Crippen LogP contribution is 2.54. The molecule has 1 N–H and O–H groups in total. The fourth-order valence-corrected chi connectivity index (χ4v) is 4.23. The van der Waals surface area contributed by atoms with Crippen LogP contribution in [0.2, 0.25) is 0 Å². The summed E-state index contributed by atoms with van der Waals surface area (Å²) in [6.45, 7) is 2.45. The maximum absolute atomic E-state index is 12.5. The number of ketones is 1. The molecule has 0 radical (unpaired) electrons. The molecule has 108 valence electrons. The first kappa shape index (κ1) is 12.6. The van der Waals surface area contributed by atoms with Gasteiger partial charge in [-0.15, -0.1) is 0 Å². The number of cyclic esters (lactones) is 1. The molecule has 0 spiro atoms. The van der Waals surface area contributed by atoms with Gasteiger partial charge in [0.1, 0.15) is 12.4 Å². The number of carbonyl (C=O) groups excluding carboxylic acids is 2. The average molecular weight is 284 g/mol. The molecule has 2 aliphatic carbocycles. The highest BCUT2D eigenvalue weighted by Gasteiger charge is 2.50. The predicted molar refractivity (Wildman–Crippen MR) is 75.1 cm³/mol. The van der Waals surface area contributed by atoms with Crippen LogP contribution >= 0.6 is 0 Å². The summed E-state index contributed by atoms with van der Waals surface area (Å²) in [6.07, 6.45) is 1.83. The van der Waals surface area contributed by atoms with E-state index in [0.29, 0.717) is 25.0 Å². The Morgan fingerprint density at radius 1 is 1.33 bits per heavy atom. The number of carbonyl (C=O) groups is 2. The van der Waals surface area contributed by atoms with Gasteiger partial charge < -0.3 is 9.84 Å². The van der Waals surface area contributed by atoms with Gasteiger partial charge in [0.15, 0.2) is 5.78 Å². The van der Waals surface area contributed by atoms with E-state index >= 15 is 0 Å². The summed E-state index contributed by atoms with van der Waals surface area (Å²) >= 11 is 0. The van der Waals surface area contributed by atoms with Gasteiger partial charge in [-0.2, -0.15) is 0 Å². The van der Waals surface area contributed by atoms with Crippen molar-refractivity contribution in [1.29, 1.82) is 0 Å². The predicted octanol–water partition coefficient (Wildman–Crippen LogP) is 2.50. The van der Waals surface area contributed by atoms with E-state index in [2.05, 4.69) is 6.92 Å². The Labute approximate surface area is 122 Å². The fraction of sp³-hybridized carbons (Fsp3) is 0.412. The first-order chi connectivity index (χ1) is 10.0. The summed E-state index contributed by atoms with van der Waals surface area (Å²) < 4.78 is 5.17. The van der Waals surface area contributed by atoms with Crippen molar-refractivity contribution in [3.8, 4) is 5.75 Å². The number of aromatic hydroxyl groups is 1. The lowest BCUT2D eigenvalue weighted by Crippen LogP contribution is -2.43. The molecule has 0 unspecified atom stereocenters. The number of fused-ring (bicyclic) bond motifs is 4. The van der Waals surface area contributed by atoms with Gasteiger partial charge >= 0.3 is 5.97 Å². The van der Waals surface area contributed by atoms with Crippen LogP contribution in [-0.2, 0) is 14.9 Å². The molecule has 1 aliphatic heterocycles. The summed E-state index contributed by atoms with van der Waals surface area (Å²) in [4.78, 5) is 24.2. The molecule has 4 heteroatoms. The van der Waals surface area contributed by atoms with E-state index in [1.165, 1.54) is 0 Å². The van der Waals surface area contributed by atoms with Gasteiger partial charge in [-0.25, -0.2) is 4.79 Å². The molecule has 21 heavy (non-hydrogen) atoms. The van der Waals surface area contributed by atoms with Crippen LogP contribution in [0, 0.1) is 5.92 Å². The van der Waals surface area contributed by atoms with Gasteiger partial charge in [-0.1, -0.05) is 19.1 Å². The molecule has 4 nitrogen and oxygen atoms in total. The maximum atomic E-state index is 12.5. The second-order valence-electron chi connectivity index (χ2n) is 6.38. The fourth-order valence-electron chi connectivity index (χ4n) is 4.23. The van der Waals surface area contributed by atoms with Crippen molar-refractivity contribution in [2.45, 2.75) is 31.6 Å². The third kappa shape index (κ3) is 1.50. The molecule has 1 aromatic rings. The Balaban J connectivity index is 1.93. The van der Waals surface area contributed by atoms with Crippen LogP contribution in [0.3, 0.4) is 0 Å². The second kappa shape index (κ2) is 3.97. The number of hydrogen-bond donors (Lipinski definition) is 1. The van der Waals surface area contributed by atoms with Crippen molar-refractivity contribution in [1.82, 2.24) is 0 Å². The number of rotatable bonds is 0. The van der Waals surface area contributed by atoms with Crippen LogP contribution in [0.15, 0.2) is 29.3 Å². The molecule has 3 aliphatic rings. The zero-order valence-electron chi connectivity index (χ0n) is 11.8. The summed E-state index contributed by atoms with van der Waals surface area (Å²) in [7, 11) is 0. The first-order valence-corrected chi connectivity index (χ1v) is 7.27. The third-order valence-corrected chi connectivity index (χ3v) is 5.40. The van der Waals surface area contributed by atoms with Crippen LogP contribution < -0.4 is 0 Å². The molecule has 1 heterocycles. The van der Waals surface area contributed by atoms with Gasteiger partial charge in [0.25, 0.3) is 0 Å². The summed E-state index contributed by atoms with van der Waals surface area (Å²) in [6, 6.07) is 5.29. The smallest absolute Gasteiger partial charge is 0.334 e. The number of hydrogen-bond acceptors (Lipinski definition) is 4. The molecule has 0 saturated carbocycles. The van der Waals surface area contributed by atoms with E-state index in [1.54, 1.807) is 12.1 Å². The van der Waals surface area contributed by atoms with Crippen LogP contribution in [-0.4, -0.2) is 23.5 Å². The standard InChI is InChI=1S/C17H16O4/c1-17-6-5-9-10(8-21-16(9)20)12(17)7-14(19)15-11(17)3-2-4-13(15)18/h2-4,12,18H,5-8H2,1H3/t12-,17+/m0/s1. The second-order valence-corrected chi connectivity index (χ2v) is 6.38. The zero-order valence-corrected chi connectivity index (χ0v) is 11.8. The number of phenols is 1. The third-order valence-electron chi connectivity index (χ3n) is 5.40. The Hall–Kier alpha value is -2.10. The van der Waals surface area contributed by atoms with E-state index in [9.17, 15) is 14.7 Å². The van der Waals surface area contributed by atoms with E-state index in [-0.39, 0.29) is 28.8 Å². The zero-order chi connectivity index (χ0) is 14.8. The molecule has 0 saturated heterocycles. The van der Waals surface area contributed by atoms with Crippen molar-refractivity contribution in [2.75, 3.05) is 6.61 Å². The highest BCUT2D eigenvalue weighted by atomic mass is 16.5. The van der Waals surface area contributed by atoms with Gasteiger partial charge in [-0.05, 0) is 30.0 Å². The number of benzene rings is 1. The van der Waals surface area contributed by atoms with Crippen molar-refractivity contribution < 1.29 is 19.4 Å². The summed E-state index contributed by atoms with van der Waals surface area (Å²) in [5.41, 5.74) is 2.93. The lowest BCUT2D eigenvalue weighted by atomic mass is 9.56. The highest BCUT2D eigenvalue weighted by molar-refractivity contribution is 6.03. The largest absolute Gasteiger partial charge is 0.507 e. The van der Waals surface area contributed by atoms with Crippen LogP contribution in [0.4, 0.5) is 0 Å². The van der Waals surface area contributed by atoms with Gasteiger partial charge in [0, 0.05) is 23.3 Å². The van der Waals surface area contributed by atoms with Crippen molar-refractivity contribution in [3.05, 3.63) is 40.5 Å². The number of esters is 1. The molecule has 0 aromatic heterocycles. The molecular weight excluding hydrogens is 268 g/mol. The quantitative estimate of drug-likeness (QED) is 0.743. The number of phenolic OH excluding ortho intramolecular Hbond substituents is 1. The lowest BCUT2D eigenvalue weighted by Gasteiger charge is -2.45. The first-order valence-electron chi connectivity index (χ1n) is 7.27. The van der Waals surface area contributed by atoms with Crippen molar-refractivity contribution >= 4 is 11.8 Å². The molecule has 1 aromatic carbocycles. The molecule has 0 bridgehead atoms. The molecule has 2 atom stereocenters. The molecule has 0 fully saturated rings. The van der Waals surface area contributed by atoms with Gasteiger partial charge in [-0.3, -0.25) is 4.79 Å². The minimum atomic E-state index is -0.221. The van der Waals surface area contributed by atoms with E-state index in [0.717, 1.165) is 23.1 Å². The van der Waals surface area contributed by atoms with E-state index in [4.69, 9.17) is 4.74 Å². The van der Waals surface area contributed by atoms with Gasteiger partial charge in [0.05, 0.1) is 5.56 Å². The maximum Gasteiger partial charge on any atom is 0.334 e. The number of Topliss-reactive ketones (excluding diaryl/α,β-unsaturated/α-hetero) is 1. The summed E-state index contributed by atoms with van der Waals surface area (Å²) in [5.74, 6) is -0.190. The van der Waals surface area contributed by atoms with E-state index in [1.807, 2.05) is 6.07 Å². The van der Waals surface area contributed by atoms with Gasteiger partial charge in [0.2, 0.25) is 0 Å². The average Bonchev–Trinajstić information content (AvgIpc) is 2.82. The molecule has 0 amide bonds. The van der Waals surface area contributed by atoms with Crippen molar-refractivity contribution in [3.63, 3.8) is 0 Å². The number of ether oxygens (including phenoxy) is 1. The van der Waals surface area contributed by atoms with Crippen LogP contribution in [0.5, 0.6) is 5.75 Å². The minimum absolute atomic E-state index is 0.00880. The Morgan fingerprint density at radius 3 is 2.95 bits per heavy atom. The topological polar surface area (TPSA) is 63.6 Å². The van der Waals surface area contributed by atoms with Crippen LogP contribution in [0.25, 0.3) is 0 Å². The van der Waals surface area contributed by atoms with Crippen molar-refractivity contribution in [2.24, 2.45) is 5.92 Å². The summed E-state index contributed by atoms with van der Waals surface area (Å²) in [5, 5.41) is 10.0. The Morgan fingerprint density at radius 2 is 2.14 bits per heavy atom. The monoisotopic (exact) mass is 284 g/mol. The SMILES string of the molecule is C[C@]12CCC3=C(COC3=O)[C@@H]1CC(=O)c1c(O)cccc12. The lowest BCUT2D eigenvalue weighted by molar-refractivity contribution is -0.136.